The number of anilines is 1. The van der Waals surface area contributed by atoms with Crippen LogP contribution in [0.5, 0.6) is 0 Å². The minimum Gasteiger partial charge on any atom is -0.369 e. The molecule has 7 heteroatoms. The number of halogens is 1. The fourth-order valence-corrected chi connectivity index (χ4v) is 3.58. The van der Waals surface area contributed by atoms with Crippen LogP contribution in [-0.2, 0) is 6.42 Å². The van der Waals surface area contributed by atoms with Gasteiger partial charge in [-0.1, -0.05) is 21.1 Å². The van der Waals surface area contributed by atoms with Gasteiger partial charge in [0.15, 0.2) is 5.96 Å². The first-order chi connectivity index (χ1) is 12.6. The van der Waals surface area contributed by atoms with Crippen LogP contribution in [0.3, 0.4) is 0 Å². The minimum absolute atomic E-state index is 0.393. The topological polar surface area (TPSA) is 65.7 Å². The number of aryl methyl sites for hydroxylation is 2. The van der Waals surface area contributed by atoms with Gasteiger partial charge >= 0.3 is 0 Å². The number of hydrogen-bond donors (Lipinski definition) is 2. The molecule has 1 unspecified atom stereocenters. The smallest absolute Gasteiger partial charge is 0.191 e. The molecule has 0 spiro atoms. The summed E-state index contributed by atoms with van der Waals surface area (Å²) in [7, 11) is 1.81. The summed E-state index contributed by atoms with van der Waals surface area (Å²) in [5, 5.41) is 10.9. The Labute approximate surface area is 163 Å². The van der Waals surface area contributed by atoms with Crippen molar-refractivity contribution in [3.63, 3.8) is 0 Å². The van der Waals surface area contributed by atoms with Crippen LogP contribution in [0.15, 0.2) is 38.3 Å². The molecule has 0 radical (unpaired) electrons. The highest BCUT2D eigenvalue weighted by atomic mass is 79.9. The SMILES string of the molecule is CN=C(NCCc1c(C)noc1C)NC1CCN(c2ccc(Br)cc2)C1. The van der Waals surface area contributed by atoms with Crippen molar-refractivity contribution in [1.82, 2.24) is 15.8 Å². The molecule has 0 amide bonds. The van der Waals surface area contributed by atoms with Crippen LogP contribution in [0, 0.1) is 13.8 Å². The molecule has 3 rings (SSSR count). The van der Waals surface area contributed by atoms with Crippen LogP contribution >= 0.6 is 15.9 Å². The molecule has 2 N–H and O–H groups in total. The van der Waals surface area contributed by atoms with E-state index in [-0.39, 0.29) is 0 Å². The Balaban J connectivity index is 1.47. The van der Waals surface area contributed by atoms with Crippen molar-refractivity contribution in [3.8, 4) is 0 Å². The fraction of sp³-hybridized carbons (Fsp3) is 0.474. The van der Waals surface area contributed by atoms with Crippen LogP contribution in [0.2, 0.25) is 0 Å². The Morgan fingerprint density at radius 2 is 2.12 bits per heavy atom. The Morgan fingerprint density at radius 3 is 2.77 bits per heavy atom. The summed E-state index contributed by atoms with van der Waals surface area (Å²) in [6.45, 7) is 6.76. The van der Waals surface area contributed by atoms with Gasteiger partial charge in [-0.15, -0.1) is 0 Å². The van der Waals surface area contributed by atoms with Gasteiger partial charge in [-0.05, 0) is 51.0 Å². The summed E-state index contributed by atoms with van der Waals surface area (Å²) in [6.07, 6.45) is 1.97. The second kappa shape index (κ2) is 8.58. The normalized spacial score (nSPS) is 17.6. The standard InChI is InChI=1S/C19H26BrN5O/c1-13-18(14(2)26-24-13)8-10-22-19(21-3)23-16-9-11-25(12-16)17-6-4-15(20)5-7-17/h4-7,16H,8-12H2,1-3H3,(H2,21,22,23). The Morgan fingerprint density at radius 1 is 1.35 bits per heavy atom. The van der Waals surface area contributed by atoms with Crippen LogP contribution in [0.25, 0.3) is 0 Å². The number of aromatic nitrogens is 1. The lowest BCUT2D eigenvalue weighted by molar-refractivity contribution is 0.392. The molecular weight excluding hydrogens is 394 g/mol. The highest BCUT2D eigenvalue weighted by Crippen LogP contribution is 2.22. The second-order valence-corrected chi connectivity index (χ2v) is 7.52. The molecule has 2 aromatic rings. The molecule has 0 bridgehead atoms. The van der Waals surface area contributed by atoms with Crippen molar-refractivity contribution in [2.75, 3.05) is 31.6 Å². The summed E-state index contributed by atoms with van der Waals surface area (Å²) in [5.41, 5.74) is 3.40. The third kappa shape index (κ3) is 4.58. The number of rotatable bonds is 5. The monoisotopic (exact) mass is 419 g/mol. The number of aliphatic imine (C=N–C) groups is 1. The molecule has 1 saturated heterocycles. The lowest BCUT2D eigenvalue weighted by Crippen LogP contribution is -2.45. The second-order valence-electron chi connectivity index (χ2n) is 6.60. The van der Waals surface area contributed by atoms with Crippen LogP contribution < -0.4 is 15.5 Å². The minimum atomic E-state index is 0.393. The Kier molecular flexibility index (Phi) is 6.19. The van der Waals surface area contributed by atoms with Gasteiger partial charge in [-0.25, -0.2) is 0 Å². The molecule has 6 nitrogen and oxygen atoms in total. The molecule has 140 valence electrons. The summed E-state index contributed by atoms with van der Waals surface area (Å²) in [5.74, 6) is 1.74. The van der Waals surface area contributed by atoms with Crippen LogP contribution in [0.1, 0.15) is 23.4 Å². The van der Waals surface area contributed by atoms with Crippen LogP contribution in [-0.4, -0.2) is 43.8 Å². The third-order valence-corrected chi connectivity index (χ3v) is 5.32. The van der Waals surface area contributed by atoms with E-state index in [1.54, 1.807) is 0 Å². The van der Waals surface area contributed by atoms with E-state index in [1.807, 2.05) is 20.9 Å². The third-order valence-electron chi connectivity index (χ3n) is 4.79. The van der Waals surface area contributed by atoms with E-state index in [0.29, 0.717) is 6.04 Å². The molecule has 1 aliphatic rings. The molecule has 1 atom stereocenters. The number of guanidine groups is 1. The van der Waals surface area contributed by atoms with Gasteiger partial charge in [-0.2, -0.15) is 0 Å². The van der Waals surface area contributed by atoms with E-state index in [2.05, 4.69) is 65.9 Å². The fourth-order valence-electron chi connectivity index (χ4n) is 3.32. The van der Waals surface area contributed by atoms with E-state index in [9.17, 15) is 0 Å². The Bertz CT molecular complexity index is 736. The van der Waals surface area contributed by atoms with Crippen molar-refractivity contribution in [3.05, 3.63) is 45.8 Å². The number of nitrogens with one attached hydrogen (secondary N) is 2. The summed E-state index contributed by atoms with van der Waals surface area (Å²) in [6, 6.07) is 8.88. The zero-order valence-corrected chi connectivity index (χ0v) is 17.1. The Hall–Kier alpha value is -2.02. The lowest BCUT2D eigenvalue weighted by atomic mass is 10.1. The largest absolute Gasteiger partial charge is 0.369 e. The maximum absolute atomic E-state index is 5.22. The quantitative estimate of drug-likeness (QED) is 0.575. The van der Waals surface area contributed by atoms with Crippen molar-refractivity contribution in [2.45, 2.75) is 32.7 Å². The van der Waals surface area contributed by atoms with Crippen molar-refractivity contribution in [1.29, 1.82) is 0 Å². The van der Waals surface area contributed by atoms with Gasteiger partial charge in [0, 0.05) is 48.4 Å². The van der Waals surface area contributed by atoms with Crippen molar-refractivity contribution in [2.24, 2.45) is 4.99 Å². The van der Waals surface area contributed by atoms with Gasteiger partial charge in [0.05, 0.1) is 5.69 Å². The van der Waals surface area contributed by atoms with E-state index < -0.39 is 0 Å². The molecule has 0 saturated carbocycles. The van der Waals surface area contributed by atoms with Crippen LogP contribution in [0.4, 0.5) is 5.69 Å². The van der Waals surface area contributed by atoms with Gasteiger partial charge < -0.3 is 20.1 Å². The molecule has 2 heterocycles. The first-order valence-electron chi connectivity index (χ1n) is 8.96. The maximum atomic E-state index is 5.22. The molecule has 0 aliphatic carbocycles. The molecule has 1 aromatic carbocycles. The predicted octanol–water partition coefficient (Wildman–Crippen LogP) is 3.04. The molecular formula is C19H26BrN5O. The molecule has 1 aromatic heterocycles. The highest BCUT2D eigenvalue weighted by molar-refractivity contribution is 9.10. The summed E-state index contributed by atoms with van der Waals surface area (Å²) >= 11 is 3.49. The molecule has 26 heavy (non-hydrogen) atoms. The first-order valence-corrected chi connectivity index (χ1v) is 9.75. The molecule has 1 aliphatic heterocycles. The van der Waals surface area contributed by atoms with Gasteiger partial charge in [-0.3, -0.25) is 4.99 Å². The van der Waals surface area contributed by atoms with E-state index >= 15 is 0 Å². The van der Waals surface area contributed by atoms with Crippen molar-refractivity contribution >= 4 is 27.6 Å². The number of benzene rings is 1. The zero-order valence-electron chi connectivity index (χ0n) is 15.6. The lowest BCUT2D eigenvalue weighted by Gasteiger charge is -2.20. The van der Waals surface area contributed by atoms with E-state index in [1.165, 1.54) is 11.3 Å². The van der Waals surface area contributed by atoms with Crippen molar-refractivity contribution < 1.29 is 4.52 Å². The van der Waals surface area contributed by atoms with Gasteiger partial charge in [0.2, 0.25) is 0 Å². The highest BCUT2D eigenvalue weighted by Gasteiger charge is 2.23. The zero-order chi connectivity index (χ0) is 18.5. The molecule has 1 fully saturated rings. The summed E-state index contributed by atoms with van der Waals surface area (Å²) in [4.78, 5) is 6.76. The number of nitrogens with zero attached hydrogens (tertiary/aromatic N) is 3. The van der Waals surface area contributed by atoms with Gasteiger partial charge in [0.1, 0.15) is 5.76 Å². The predicted molar refractivity (Wildman–Crippen MR) is 109 cm³/mol. The maximum Gasteiger partial charge on any atom is 0.191 e. The average molecular weight is 420 g/mol. The number of hydrogen-bond acceptors (Lipinski definition) is 4. The van der Waals surface area contributed by atoms with E-state index in [0.717, 1.165) is 54.4 Å². The van der Waals surface area contributed by atoms with E-state index in [4.69, 9.17) is 4.52 Å². The van der Waals surface area contributed by atoms with Gasteiger partial charge in [0.25, 0.3) is 0 Å². The average Bonchev–Trinajstić information content (AvgIpc) is 3.23. The first kappa shape index (κ1) is 18.8. The summed E-state index contributed by atoms with van der Waals surface area (Å²) < 4.78 is 6.33.